The van der Waals surface area contributed by atoms with Crippen molar-refractivity contribution in [3.63, 3.8) is 0 Å². The first-order chi connectivity index (χ1) is 11.3. The van der Waals surface area contributed by atoms with E-state index in [1.807, 2.05) is 26.8 Å². The van der Waals surface area contributed by atoms with Crippen LogP contribution in [0.3, 0.4) is 0 Å². The van der Waals surface area contributed by atoms with Gasteiger partial charge < -0.3 is 20.5 Å². The molecule has 0 aliphatic carbocycles. The average Bonchev–Trinajstić information content (AvgIpc) is 2.98. The van der Waals surface area contributed by atoms with Gasteiger partial charge in [0.2, 0.25) is 0 Å². The number of aromatic nitrogens is 3. The van der Waals surface area contributed by atoms with Gasteiger partial charge in [-0.15, -0.1) is 0 Å². The molecule has 3 N–H and O–H groups in total. The molecule has 1 aromatic carbocycles. The zero-order valence-corrected chi connectivity index (χ0v) is 14.2. The maximum Gasteiger partial charge on any atom is 0.407 e. The third kappa shape index (κ3) is 5.79. The van der Waals surface area contributed by atoms with E-state index in [1.54, 1.807) is 23.1 Å². The number of nitrogen functional groups attached to an aromatic ring is 1. The van der Waals surface area contributed by atoms with Gasteiger partial charge in [-0.3, -0.25) is 0 Å². The quantitative estimate of drug-likeness (QED) is 0.620. The van der Waals surface area contributed by atoms with Crippen LogP contribution in [0.15, 0.2) is 30.9 Å². The molecule has 0 atom stereocenters. The van der Waals surface area contributed by atoms with Gasteiger partial charge >= 0.3 is 6.09 Å². The standard InChI is InChI=1S/C16H23N5O3/c1-16(2,3)20-15(22)24-6-4-5-23-14-8-12(17)7-13(9-14)21-11-18-10-19-21/h7-11H,4-6,17H2,1-3H3,(H,20,22). The van der Waals surface area contributed by atoms with Gasteiger partial charge in [-0.25, -0.2) is 14.5 Å². The average molecular weight is 333 g/mol. The number of rotatable bonds is 6. The van der Waals surface area contributed by atoms with E-state index in [1.165, 1.54) is 6.33 Å². The lowest BCUT2D eigenvalue weighted by molar-refractivity contribution is 0.130. The number of ether oxygens (including phenoxy) is 2. The topological polar surface area (TPSA) is 104 Å². The van der Waals surface area contributed by atoms with E-state index in [-0.39, 0.29) is 12.1 Å². The molecular weight excluding hydrogens is 310 g/mol. The van der Waals surface area contributed by atoms with Gasteiger partial charge in [0.05, 0.1) is 18.9 Å². The van der Waals surface area contributed by atoms with Crippen molar-refractivity contribution in [3.05, 3.63) is 30.9 Å². The number of alkyl carbamates (subject to hydrolysis) is 1. The summed E-state index contributed by atoms with van der Waals surface area (Å²) in [7, 11) is 0. The lowest BCUT2D eigenvalue weighted by Gasteiger charge is -2.19. The van der Waals surface area contributed by atoms with Gasteiger partial charge in [0.25, 0.3) is 0 Å². The van der Waals surface area contributed by atoms with Crippen LogP contribution in [0, 0.1) is 0 Å². The van der Waals surface area contributed by atoms with Gasteiger partial charge in [0, 0.05) is 29.8 Å². The summed E-state index contributed by atoms with van der Waals surface area (Å²) in [5, 5.41) is 6.78. The Morgan fingerprint density at radius 1 is 1.29 bits per heavy atom. The second-order valence-electron chi connectivity index (χ2n) is 6.31. The number of carbonyl (C=O) groups is 1. The van der Waals surface area contributed by atoms with Crippen molar-refractivity contribution in [2.75, 3.05) is 18.9 Å². The molecule has 0 spiro atoms. The second-order valence-corrected chi connectivity index (χ2v) is 6.31. The largest absolute Gasteiger partial charge is 0.493 e. The predicted octanol–water partition coefficient (Wildman–Crippen LogP) is 2.14. The Morgan fingerprint density at radius 3 is 2.75 bits per heavy atom. The number of nitrogens with two attached hydrogens (primary N) is 1. The minimum absolute atomic E-state index is 0.278. The number of nitrogens with one attached hydrogen (secondary N) is 1. The molecular formula is C16H23N5O3. The first-order valence-corrected chi connectivity index (χ1v) is 7.67. The third-order valence-corrected chi connectivity index (χ3v) is 2.86. The Morgan fingerprint density at radius 2 is 2.08 bits per heavy atom. The minimum atomic E-state index is -0.431. The van der Waals surface area contributed by atoms with E-state index >= 15 is 0 Å². The van der Waals surface area contributed by atoms with Gasteiger partial charge in [0.1, 0.15) is 18.4 Å². The van der Waals surface area contributed by atoms with Crippen LogP contribution in [0.1, 0.15) is 27.2 Å². The lowest BCUT2D eigenvalue weighted by Crippen LogP contribution is -2.41. The molecule has 0 bridgehead atoms. The summed E-state index contributed by atoms with van der Waals surface area (Å²) in [4.78, 5) is 15.4. The smallest absolute Gasteiger partial charge is 0.407 e. The van der Waals surface area contributed by atoms with Crippen molar-refractivity contribution in [2.45, 2.75) is 32.7 Å². The molecule has 0 fully saturated rings. The fourth-order valence-corrected chi connectivity index (χ4v) is 1.92. The van der Waals surface area contributed by atoms with E-state index in [0.717, 1.165) is 5.69 Å². The van der Waals surface area contributed by atoms with Crippen LogP contribution >= 0.6 is 0 Å². The maximum absolute atomic E-state index is 11.5. The molecule has 0 unspecified atom stereocenters. The molecule has 8 heteroatoms. The van der Waals surface area contributed by atoms with Crippen molar-refractivity contribution >= 4 is 11.8 Å². The molecule has 0 aliphatic heterocycles. The van der Waals surface area contributed by atoms with Crippen molar-refractivity contribution in [2.24, 2.45) is 0 Å². The number of benzene rings is 1. The summed E-state index contributed by atoms with van der Waals surface area (Å²) < 4.78 is 12.3. The van der Waals surface area contributed by atoms with Gasteiger partial charge in [-0.2, -0.15) is 5.10 Å². The Bertz CT molecular complexity index is 665. The number of nitrogens with zero attached hydrogens (tertiary/aromatic N) is 3. The van der Waals surface area contributed by atoms with Crippen LogP contribution in [0.25, 0.3) is 5.69 Å². The number of hydrogen-bond acceptors (Lipinski definition) is 6. The van der Waals surface area contributed by atoms with E-state index in [0.29, 0.717) is 24.5 Å². The number of anilines is 1. The van der Waals surface area contributed by atoms with Gasteiger partial charge in [0.15, 0.2) is 0 Å². The Hall–Kier alpha value is -2.77. The molecule has 24 heavy (non-hydrogen) atoms. The van der Waals surface area contributed by atoms with Crippen molar-refractivity contribution in [1.29, 1.82) is 0 Å². The van der Waals surface area contributed by atoms with E-state index in [4.69, 9.17) is 15.2 Å². The molecule has 0 saturated carbocycles. The molecule has 2 rings (SSSR count). The number of amides is 1. The highest BCUT2D eigenvalue weighted by atomic mass is 16.5. The Labute approximate surface area is 141 Å². The fourth-order valence-electron chi connectivity index (χ4n) is 1.92. The zero-order valence-electron chi connectivity index (χ0n) is 14.2. The summed E-state index contributed by atoms with van der Waals surface area (Å²) in [6.07, 6.45) is 3.18. The first-order valence-electron chi connectivity index (χ1n) is 7.67. The summed E-state index contributed by atoms with van der Waals surface area (Å²) in [6.45, 7) is 6.36. The predicted molar refractivity (Wildman–Crippen MR) is 90.1 cm³/mol. The fraction of sp³-hybridized carbons (Fsp3) is 0.438. The van der Waals surface area contributed by atoms with E-state index in [2.05, 4.69) is 15.4 Å². The van der Waals surface area contributed by atoms with Crippen LogP contribution in [0.4, 0.5) is 10.5 Å². The van der Waals surface area contributed by atoms with Crippen molar-refractivity contribution in [1.82, 2.24) is 20.1 Å². The maximum atomic E-state index is 11.5. The van der Waals surface area contributed by atoms with Gasteiger partial charge in [-0.05, 0) is 26.8 Å². The third-order valence-electron chi connectivity index (χ3n) is 2.86. The molecule has 0 saturated heterocycles. The molecule has 1 aromatic heterocycles. The molecule has 0 aliphatic rings. The van der Waals surface area contributed by atoms with Crippen LogP contribution < -0.4 is 15.8 Å². The number of carbonyl (C=O) groups excluding carboxylic acids is 1. The highest BCUT2D eigenvalue weighted by Crippen LogP contribution is 2.21. The molecule has 8 nitrogen and oxygen atoms in total. The van der Waals surface area contributed by atoms with E-state index < -0.39 is 6.09 Å². The highest BCUT2D eigenvalue weighted by molar-refractivity contribution is 5.68. The molecule has 0 radical (unpaired) electrons. The van der Waals surface area contributed by atoms with Crippen LogP contribution in [-0.2, 0) is 4.74 Å². The molecule has 2 aromatic rings. The zero-order chi connectivity index (χ0) is 17.6. The van der Waals surface area contributed by atoms with Gasteiger partial charge in [-0.1, -0.05) is 0 Å². The van der Waals surface area contributed by atoms with Crippen LogP contribution in [0.5, 0.6) is 5.75 Å². The lowest BCUT2D eigenvalue weighted by atomic mass is 10.1. The van der Waals surface area contributed by atoms with E-state index in [9.17, 15) is 4.79 Å². The SMILES string of the molecule is CC(C)(C)NC(=O)OCCCOc1cc(N)cc(-n2cncn2)c1. The normalized spacial score (nSPS) is 11.1. The first kappa shape index (κ1) is 17.6. The number of hydrogen-bond donors (Lipinski definition) is 2. The van der Waals surface area contributed by atoms with Crippen molar-refractivity contribution < 1.29 is 14.3 Å². The summed E-state index contributed by atoms with van der Waals surface area (Å²) >= 11 is 0. The molecule has 1 heterocycles. The Kier molecular flexibility index (Phi) is 5.62. The van der Waals surface area contributed by atoms with Crippen LogP contribution in [-0.4, -0.2) is 39.6 Å². The van der Waals surface area contributed by atoms with Crippen molar-refractivity contribution in [3.8, 4) is 11.4 Å². The summed E-state index contributed by atoms with van der Waals surface area (Å²) in [6, 6.07) is 5.33. The second kappa shape index (κ2) is 7.67. The Balaban J connectivity index is 1.78. The summed E-state index contributed by atoms with van der Waals surface area (Å²) in [5.74, 6) is 0.625. The highest BCUT2D eigenvalue weighted by Gasteiger charge is 2.14. The molecule has 1 amide bonds. The monoisotopic (exact) mass is 333 g/mol. The minimum Gasteiger partial charge on any atom is -0.493 e. The van der Waals surface area contributed by atoms with Crippen LogP contribution in [0.2, 0.25) is 0 Å². The summed E-state index contributed by atoms with van der Waals surface area (Å²) in [5.41, 5.74) is 6.90. The molecule has 130 valence electrons.